The number of nitrogens with one attached hydrogen (secondary N) is 1. The van der Waals surface area contributed by atoms with E-state index in [0.717, 1.165) is 0 Å². The number of hydrogen-bond donors (Lipinski definition) is 2. The van der Waals surface area contributed by atoms with Gasteiger partial charge in [0.25, 0.3) is 0 Å². The normalized spacial score (nSPS) is 13.9. The van der Waals surface area contributed by atoms with Crippen LogP contribution in [-0.2, 0) is 31.0 Å². The fourth-order valence-electron chi connectivity index (χ4n) is 3.97. The van der Waals surface area contributed by atoms with Crippen molar-refractivity contribution >= 4 is 45.2 Å². The Morgan fingerprint density at radius 3 is 2.11 bits per heavy atom. The molecule has 2 rings (SSSR count). The third-order valence-corrected chi connectivity index (χ3v) is 6.46. The number of ether oxygens (including phenoxy) is 1. The van der Waals surface area contributed by atoms with Crippen LogP contribution in [0.4, 0.5) is 21.9 Å². The molecule has 10 nitrogen and oxygen atoms in total. The highest BCUT2D eigenvalue weighted by molar-refractivity contribution is 7.91. The molecular weight excluding hydrogens is 472 g/mol. The van der Waals surface area contributed by atoms with Crippen molar-refractivity contribution in [3.63, 3.8) is 0 Å². The molecule has 3 amide bonds. The summed E-state index contributed by atoms with van der Waals surface area (Å²) < 4.78 is 31.1. The van der Waals surface area contributed by atoms with Gasteiger partial charge in [0.05, 0.1) is 17.1 Å². The molecule has 11 heteroatoms. The average Bonchev–Trinajstić information content (AvgIpc) is 3.10. The molecule has 0 unspecified atom stereocenters. The Balaban J connectivity index is 2.89. The van der Waals surface area contributed by atoms with Crippen LogP contribution in [0.15, 0.2) is 0 Å². The lowest BCUT2D eigenvalue weighted by molar-refractivity contribution is -0.123. The SMILES string of the molecule is CCCC(=O)N1CCc2c(C)c(N(C(=O)OC(C)(C)C)S(N)(=O)=O)c(C)c(NC(=O)C(C)(C)C)c21. The number of hydrogen-bond acceptors (Lipinski definition) is 6. The minimum atomic E-state index is -4.60. The van der Waals surface area contributed by atoms with Crippen molar-refractivity contribution in [2.24, 2.45) is 10.6 Å². The summed E-state index contributed by atoms with van der Waals surface area (Å²) in [7, 11) is -4.60. The van der Waals surface area contributed by atoms with Crippen molar-refractivity contribution < 1.29 is 27.5 Å². The van der Waals surface area contributed by atoms with E-state index >= 15 is 0 Å². The first-order chi connectivity index (χ1) is 15.8. The van der Waals surface area contributed by atoms with Gasteiger partial charge in [-0.2, -0.15) is 12.7 Å². The summed E-state index contributed by atoms with van der Waals surface area (Å²) in [6.07, 6.45) is 0.251. The molecular formula is C24H38N4O6S. The molecule has 196 valence electrons. The molecule has 3 N–H and O–H groups in total. The molecule has 1 aromatic carbocycles. The summed E-state index contributed by atoms with van der Waals surface area (Å²) in [5, 5.41) is 8.39. The molecule has 0 saturated carbocycles. The standard InChI is InChI=1S/C24H38N4O6S/c1-10-11-17(29)27-13-12-16-14(2)19(28(35(25,32)33)22(31)34-24(7,8)9)15(3)18(20(16)27)26-21(30)23(4,5)6/h10-13H2,1-9H3,(H,26,30)(H2,25,32,33). The third-order valence-electron chi connectivity index (χ3n) is 5.62. The smallest absolute Gasteiger partial charge is 0.429 e. The highest BCUT2D eigenvalue weighted by atomic mass is 32.2. The van der Waals surface area contributed by atoms with Crippen LogP contribution in [0, 0.1) is 19.3 Å². The molecule has 35 heavy (non-hydrogen) atoms. The Bertz CT molecular complexity index is 1150. The van der Waals surface area contributed by atoms with Crippen molar-refractivity contribution in [1.29, 1.82) is 0 Å². The van der Waals surface area contributed by atoms with Gasteiger partial charge in [0.1, 0.15) is 5.60 Å². The number of nitrogens with zero attached hydrogens (tertiary/aromatic N) is 2. The maximum absolute atomic E-state index is 13.1. The predicted molar refractivity (Wildman–Crippen MR) is 137 cm³/mol. The largest absolute Gasteiger partial charge is 0.443 e. The highest BCUT2D eigenvalue weighted by Gasteiger charge is 2.39. The maximum Gasteiger partial charge on any atom is 0.429 e. The quantitative estimate of drug-likeness (QED) is 0.615. The van der Waals surface area contributed by atoms with E-state index in [1.54, 1.807) is 60.3 Å². The number of amides is 3. The minimum absolute atomic E-state index is 0.00880. The molecule has 1 heterocycles. The van der Waals surface area contributed by atoms with Gasteiger partial charge in [-0.3, -0.25) is 9.59 Å². The Kier molecular flexibility index (Phi) is 7.98. The number of carbonyl (C=O) groups is 3. The van der Waals surface area contributed by atoms with Gasteiger partial charge in [-0.15, -0.1) is 0 Å². The van der Waals surface area contributed by atoms with E-state index in [-0.39, 0.29) is 28.8 Å². The number of fused-ring (bicyclic) bond motifs is 1. The minimum Gasteiger partial charge on any atom is -0.443 e. The van der Waals surface area contributed by atoms with E-state index in [0.29, 0.717) is 46.9 Å². The van der Waals surface area contributed by atoms with E-state index in [1.807, 2.05) is 6.92 Å². The Morgan fingerprint density at radius 2 is 1.66 bits per heavy atom. The summed E-state index contributed by atoms with van der Waals surface area (Å²) in [5.41, 5.74) is 0.480. The molecule has 1 aliphatic heterocycles. The van der Waals surface area contributed by atoms with Gasteiger partial charge in [0.15, 0.2) is 0 Å². The van der Waals surface area contributed by atoms with Crippen molar-refractivity contribution in [2.45, 2.75) is 87.2 Å². The lowest BCUT2D eigenvalue weighted by atomic mass is 9.93. The zero-order chi connectivity index (χ0) is 27.1. The van der Waals surface area contributed by atoms with Crippen LogP contribution in [-0.4, -0.2) is 38.5 Å². The number of anilines is 3. The molecule has 0 bridgehead atoms. The monoisotopic (exact) mass is 510 g/mol. The van der Waals surface area contributed by atoms with Crippen molar-refractivity contribution in [2.75, 3.05) is 21.1 Å². The Morgan fingerprint density at radius 1 is 1.09 bits per heavy atom. The van der Waals surface area contributed by atoms with Crippen LogP contribution in [0.5, 0.6) is 0 Å². The van der Waals surface area contributed by atoms with Gasteiger partial charge in [0, 0.05) is 23.9 Å². The first-order valence-corrected chi connectivity index (χ1v) is 13.2. The zero-order valence-electron chi connectivity index (χ0n) is 22.2. The van der Waals surface area contributed by atoms with Gasteiger partial charge in [-0.1, -0.05) is 27.7 Å². The number of nitrogens with two attached hydrogens (primary N) is 1. The molecule has 1 aromatic rings. The van der Waals surface area contributed by atoms with Gasteiger partial charge in [0.2, 0.25) is 11.8 Å². The average molecular weight is 511 g/mol. The summed E-state index contributed by atoms with van der Waals surface area (Å²) >= 11 is 0. The summed E-state index contributed by atoms with van der Waals surface area (Å²) in [6, 6.07) is 0. The first-order valence-electron chi connectivity index (χ1n) is 11.6. The van der Waals surface area contributed by atoms with Gasteiger partial charge in [-0.25, -0.2) is 9.93 Å². The van der Waals surface area contributed by atoms with Crippen LogP contribution in [0.25, 0.3) is 0 Å². The van der Waals surface area contributed by atoms with Crippen molar-refractivity contribution in [3.05, 3.63) is 16.7 Å². The number of carbonyl (C=O) groups excluding carboxylic acids is 3. The lowest BCUT2D eigenvalue weighted by Gasteiger charge is -2.31. The van der Waals surface area contributed by atoms with Crippen LogP contribution >= 0.6 is 0 Å². The van der Waals surface area contributed by atoms with E-state index in [1.165, 1.54) is 0 Å². The topological polar surface area (TPSA) is 139 Å². The van der Waals surface area contributed by atoms with Gasteiger partial charge >= 0.3 is 16.3 Å². The first kappa shape index (κ1) is 28.6. The Hall–Kier alpha value is -2.66. The second kappa shape index (κ2) is 9.77. The van der Waals surface area contributed by atoms with Gasteiger partial charge in [-0.05, 0) is 58.6 Å². The Labute approximate surface area is 208 Å². The van der Waals surface area contributed by atoms with E-state index in [2.05, 4.69) is 5.32 Å². The molecule has 1 aliphatic rings. The van der Waals surface area contributed by atoms with E-state index in [9.17, 15) is 22.8 Å². The van der Waals surface area contributed by atoms with Crippen molar-refractivity contribution in [3.8, 4) is 0 Å². The number of benzene rings is 1. The van der Waals surface area contributed by atoms with Crippen LogP contribution in [0.2, 0.25) is 0 Å². The van der Waals surface area contributed by atoms with Crippen LogP contribution < -0.4 is 19.7 Å². The van der Waals surface area contributed by atoms with E-state index < -0.39 is 27.3 Å². The maximum atomic E-state index is 13.1. The molecule has 0 radical (unpaired) electrons. The second-order valence-electron chi connectivity index (χ2n) is 10.8. The molecule has 0 spiro atoms. The highest BCUT2D eigenvalue weighted by Crippen LogP contribution is 2.47. The molecule has 0 fully saturated rings. The summed E-state index contributed by atoms with van der Waals surface area (Å²) in [5.74, 6) is -0.425. The third kappa shape index (κ3) is 6.13. The zero-order valence-corrected chi connectivity index (χ0v) is 23.0. The van der Waals surface area contributed by atoms with Crippen molar-refractivity contribution in [1.82, 2.24) is 0 Å². The molecule has 0 atom stereocenters. The second-order valence-corrected chi connectivity index (χ2v) is 12.2. The predicted octanol–water partition coefficient (Wildman–Crippen LogP) is 3.92. The number of rotatable bonds is 5. The fourth-order valence-corrected chi connectivity index (χ4v) is 4.74. The summed E-state index contributed by atoms with van der Waals surface area (Å²) in [6.45, 7) is 15.6. The fraction of sp³-hybridized carbons (Fsp3) is 0.625. The molecule has 0 saturated heterocycles. The molecule has 0 aromatic heterocycles. The van der Waals surface area contributed by atoms with Crippen LogP contribution in [0.3, 0.4) is 0 Å². The summed E-state index contributed by atoms with van der Waals surface area (Å²) in [4.78, 5) is 40.6. The van der Waals surface area contributed by atoms with E-state index in [4.69, 9.17) is 9.88 Å². The van der Waals surface area contributed by atoms with Crippen LogP contribution in [0.1, 0.15) is 78.0 Å². The molecule has 0 aliphatic carbocycles. The van der Waals surface area contributed by atoms with Gasteiger partial charge < -0.3 is 15.0 Å². The lowest BCUT2D eigenvalue weighted by Crippen LogP contribution is -2.45.